The van der Waals surface area contributed by atoms with Crippen molar-refractivity contribution in [2.75, 3.05) is 5.32 Å². The summed E-state index contributed by atoms with van der Waals surface area (Å²) in [5.74, 6) is -0.708. The first-order valence-electron chi connectivity index (χ1n) is 8.19. The van der Waals surface area contributed by atoms with Crippen LogP contribution in [0.3, 0.4) is 0 Å². The smallest absolute Gasteiger partial charge is 0.196 e. The van der Waals surface area contributed by atoms with Crippen LogP contribution in [0.5, 0.6) is 0 Å². The summed E-state index contributed by atoms with van der Waals surface area (Å²) in [6, 6.07) is 28.8. The van der Waals surface area contributed by atoms with Gasteiger partial charge in [0, 0.05) is 11.3 Å². The molecule has 0 spiro atoms. The van der Waals surface area contributed by atoms with Crippen LogP contribution in [0.25, 0.3) is 0 Å². The van der Waals surface area contributed by atoms with Gasteiger partial charge in [0.2, 0.25) is 0 Å². The molecule has 0 unspecified atom stereocenters. The predicted octanol–water partition coefficient (Wildman–Crippen LogP) is 4.50. The molecule has 0 saturated heterocycles. The molecule has 1 heterocycles. The molecule has 25 heavy (non-hydrogen) atoms. The third kappa shape index (κ3) is 2.23. The van der Waals surface area contributed by atoms with E-state index in [-0.39, 0.29) is 5.78 Å². The molecule has 0 aliphatic carbocycles. The minimum atomic E-state index is -1.12. The number of nitrogens with one attached hydrogen (secondary N) is 1. The SMILES string of the molecule is N#C[C@H](c1ccccc1)[C@]1(c2ccccc2)Nc2ccccc2C1=O. The molecule has 0 aromatic heterocycles. The number of rotatable bonds is 3. The normalized spacial score (nSPS) is 19.6. The van der Waals surface area contributed by atoms with E-state index >= 15 is 0 Å². The maximum Gasteiger partial charge on any atom is 0.196 e. The standard InChI is InChI=1S/C22H16N2O/c23-15-19(16-9-3-1-4-10-16)22(17-11-5-2-6-12-17)21(25)18-13-7-8-14-20(18)24-22/h1-14,19,24H/t19-,22+/m1/s1. The van der Waals surface area contributed by atoms with Gasteiger partial charge in [-0.3, -0.25) is 4.79 Å². The van der Waals surface area contributed by atoms with Crippen molar-refractivity contribution < 1.29 is 4.79 Å². The van der Waals surface area contributed by atoms with Gasteiger partial charge in [-0.1, -0.05) is 72.8 Å². The highest BCUT2D eigenvalue weighted by Crippen LogP contribution is 2.47. The highest BCUT2D eigenvalue weighted by Gasteiger charge is 2.53. The molecule has 1 aliphatic heterocycles. The Kier molecular flexibility index (Phi) is 3.59. The van der Waals surface area contributed by atoms with Gasteiger partial charge in [0.1, 0.15) is 11.5 Å². The number of benzene rings is 3. The number of para-hydroxylation sites is 1. The summed E-state index contributed by atoms with van der Waals surface area (Å²) < 4.78 is 0. The van der Waals surface area contributed by atoms with Crippen molar-refractivity contribution in [1.82, 2.24) is 0 Å². The van der Waals surface area contributed by atoms with Gasteiger partial charge in [-0.15, -0.1) is 0 Å². The number of Topliss-reactive ketones (excluding diaryl/α,β-unsaturated/α-hetero) is 1. The molecule has 120 valence electrons. The Morgan fingerprint density at radius 1 is 0.840 bits per heavy atom. The average Bonchev–Trinajstić information content (AvgIpc) is 2.98. The molecule has 0 amide bonds. The molecule has 3 aromatic carbocycles. The van der Waals surface area contributed by atoms with Crippen LogP contribution < -0.4 is 5.32 Å². The number of hydrogen-bond acceptors (Lipinski definition) is 3. The summed E-state index contributed by atoms with van der Waals surface area (Å²) in [4.78, 5) is 13.5. The lowest BCUT2D eigenvalue weighted by molar-refractivity contribution is 0.0907. The number of carbonyl (C=O) groups is 1. The molecule has 1 aliphatic rings. The molecule has 0 fully saturated rings. The molecule has 3 nitrogen and oxygen atoms in total. The molecule has 0 radical (unpaired) electrons. The van der Waals surface area contributed by atoms with Crippen LogP contribution in [0.15, 0.2) is 84.9 Å². The van der Waals surface area contributed by atoms with E-state index in [9.17, 15) is 10.1 Å². The minimum Gasteiger partial charge on any atom is -0.367 e. The molecule has 3 heteroatoms. The maximum atomic E-state index is 13.5. The summed E-state index contributed by atoms with van der Waals surface area (Å²) in [5, 5.41) is 13.4. The fourth-order valence-corrected chi connectivity index (χ4v) is 3.61. The fourth-order valence-electron chi connectivity index (χ4n) is 3.61. The Labute approximate surface area is 146 Å². The van der Waals surface area contributed by atoms with Gasteiger partial charge in [0.05, 0.1) is 6.07 Å². The number of nitrogens with zero attached hydrogens (tertiary/aromatic N) is 1. The van der Waals surface area contributed by atoms with Crippen LogP contribution in [-0.2, 0) is 5.54 Å². The predicted molar refractivity (Wildman–Crippen MR) is 97.3 cm³/mol. The summed E-state index contributed by atoms with van der Waals surface area (Å²) in [6.07, 6.45) is 0. The van der Waals surface area contributed by atoms with Crippen LogP contribution in [0, 0.1) is 11.3 Å². The highest BCUT2D eigenvalue weighted by atomic mass is 16.1. The highest BCUT2D eigenvalue weighted by molar-refractivity contribution is 6.14. The van der Waals surface area contributed by atoms with E-state index in [0.29, 0.717) is 5.56 Å². The van der Waals surface area contributed by atoms with Crippen LogP contribution in [-0.4, -0.2) is 5.78 Å². The first-order valence-corrected chi connectivity index (χ1v) is 8.19. The van der Waals surface area contributed by atoms with E-state index in [4.69, 9.17) is 0 Å². The van der Waals surface area contributed by atoms with Crippen LogP contribution in [0.4, 0.5) is 5.69 Å². The number of fused-ring (bicyclic) bond motifs is 1. The van der Waals surface area contributed by atoms with E-state index < -0.39 is 11.5 Å². The second kappa shape index (κ2) is 5.92. The maximum absolute atomic E-state index is 13.5. The van der Waals surface area contributed by atoms with Crippen LogP contribution in [0.1, 0.15) is 27.4 Å². The summed E-state index contributed by atoms with van der Waals surface area (Å²) >= 11 is 0. The third-order valence-corrected chi connectivity index (χ3v) is 4.79. The number of nitriles is 1. The number of anilines is 1. The van der Waals surface area contributed by atoms with E-state index in [1.165, 1.54) is 0 Å². The molecular formula is C22H16N2O. The second-order valence-electron chi connectivity index (χ2n) is 6.15. The largest absolute Gasteiger partial charge is 0.367 e. The van der Waals surface area contributed by atoms with Gasteiger partial charge in [-0.2, -0.15) is 5.26 Å². The zero-order valence-electron chi connectivity index (χ0n) is 13.5. The van der Waals surface area contributed by atoms with Gasteiger partial charge in [0.15, 0.2) is 5.78 Å². The second-order valence-corrected chi connectivity index (χ2v) is 6.15. The van der Waals surface area contributed by atoms with Crippen LogP contribution >= 0.6 is 0 Å². The van der Waals surface area contributed by atoms with E-state index in [2.05, 4.69) is 11.4 Å². The molecule has 2 atom stereocenters. The van der Waals surface area contributed by atoms with Gasteiger partial charge < -0.3 is 5.32 Å². The van der Waals surface area contributed by atoms with E-state index in [1.807, 2.05) is 84.9 Å². The molecule has 4 rings (SSSR count). The lowest BCUT2D eigenvalue weighted by Gasteiger charge is -2.33. The van der Waals surface area contributed by atoms with Crippen molar-refractivity contribution in [3.63, 3.8) is 0 Å². The molecule has 1 N–H and O–H groups in total. The summed E-state index contributed by atoms with van der Waals surface area (Å²) in [7, 11) is 0. The topological polar surface area (TPSA) is 52.9 Å². The van der Waals surface area contributed by atoms with Gasteiger partial charge in [0.25, 0.3) is 0 Å². The summed E-state index contributed by atoms with van der Waals surface area (Å²) in [6.45, 7) is 0. The fraction of sp³-hybridized carbons (Fsp3) is 0.0909. The van der Waals surface area contributed by atoms with Crippen molar-refractivity contribution in [3.8, 4) is 6.07 Å². The Morgan fingerprint density at radius 2 is 1.44 bits per heavy atom. The van der Waals surface area contributed by atoms with E-state index in [1.54, 1.807) is 0 Å². The van der Waals surface area contributed by atoms with Crippen molar-refractivity contribution in [1.29, 1.82) is 5.26 Å². The lowest BCUT2D eigenvalue weighted by atomic mass is 9.73. The number of ketones is 1. The average molecular weight is 324 g/mol. The lowest BCUT2D eigenvalue weighted by Crippen LogP contribution is -2.44. The Hall–Kier alpha value is -3.38. The number of carbonyl (C=O) groups excluding carboxylic acids is 1. The summed E-state index contributed by atoms with van der Waals surface area (Å²) in [5.41, 5.74) is 1.89. The Balaban J connectivity index is 1.96. The monoisotopic (exact) mass is 324 g/mol. The van der Waals surface area contributed by atoms with Crippen molar-refractivity contribution in [3.05, 3.63) is 102 Å². The van der Waals surface area contributed by atoms with Crippen LogP contribution in [0.2, 0.25) is 0 Å². The zero-order valence-corrected chi connectivity index (χ0v) is 13.5. The Bertz CT molecular complexity index is 960. The first kappa shape index (κ1) is 15.2. The van der Waals surface area contributed by atoms with Gasteiger partial charge in [-0.05, 0) is 23.3 Å². The molecule has 3 aromatic rings. The van der Waals surface area contributed by atoms with Crippen molar-refractivity contribution >= 4 is 11.5 Å². The van der Waals surface area contributed by atoms with Gasteiger partial charge in [-0.25, -0.2) is 0 Å². The zero-order chi connectivity index (χ0) is 17.3. The third-order valence-electron chi connectivity index (χ3n) is 4.79. The molecule has 0 saturated carbocycles. The van der Waals surface area contributed by atoms with E-state index in [0.717, 1.165) is 16.8 Å². The van der Waals surface area contributed by atoms with Crippen molar-refractivity contribution in [2.45, 2.75) is 11.5 Å². The number of hydrogen-bond donors (Lipinski definition) is 1. The first-order chi connectivity index (χ1) is 12.3. The van der Waals surface area contributed by atoms with Gasteiger partial charge >= 0.3 is 0 Å². The molecular weight excluding hydrogens is 308 g/mol. The van der Waals surface area contributed by atoms with Crippen molar-refractivity contribution in [2.24, 2.45) is 0 Å². The Morgan fingerprint density at radius 3 is 2.08 bits per heavy atom. The molecule has 0 bridgehead atoms. The minimum absolute atomic E-state index is 0.0651. The quantitative estimate of drug-likeness (QED) is 0.772.